The minimum atomic E-state index is -0.562. The lowest BCUT2D eigenvalue weighted by atomic mass is 9.92. The van der Waals surface area contributed by atoms with Crippen LogP contribution in [0.3, 0.4) is 0 Å². The van der Waals surface area contributed by atoms with Crippen molar-refractivity contribution < 1.29 is 4.79 Å². The number of carbonyl (C=O) groups excluding carboxylic acids is 1. The van der Waals surface area contributed by atoms with Crippen molar-refractivity contribution in [1.29, 1.82) is 0 Å². The molecule has 0 aliphatic carbocycles. The Morgan fingerprint density at radius 3 is 2.88 bits per heavy atom. The quantitative estimate of drug-likeness (QED) is 0.844. The van der Waals surface area contributed by atoms with Crippen molar-refractivity contribution in [3.63, 3.8) is 0 Å². The zero-order valence-corrected chi connectivity index (χ0v) is 13.7. The molecule has 1 fully saturated rings. The first-order chi connectivity index (χ1) is 11.5. The number of aromatic nitrogens is 2. The van der Waals surface area contributed by atoms with Crippen LogP contribution in [0.5, 0.6) is 0 Å². The molecule has 0 saturated carbocycles. The maximum atomic E-state index is 12.5. The van der Waals surface area contributed by atoms with Crippen molar-refractivity contribution >= 4 is 16.8 Å². The van der Waals surface area contributed by atoms with Gasteiger partial charge in [-0.3, -0.25) is 14.2 Å². The highest BCUT2D eigenvalue weighted by Gasteiger charge is 2.26. The fraction of sp³-hybridized carbons (Fsp3) is 0.471. The number of H-pyrrole nitrogens is 1. The molecule has 2 heterocycles. The number of aromatic amines is 1. The van der Waals surface area contributed by atoms with Gasteiger partial charge in [0.05, 0.1) is 10.9 Å². The van der Waals surface area contributed by atoms with Crippen LogP contribution >= 0.6 is 0 Å². The van der Waals surface area contributed by atoms with Gasteiger partial charge in [0.15, 0.2) is 0 Å². The van der Waals surface area contributed by atoms with Gasteiger partial charge in [0.1, 0.15) is 6.54 Å². The highest BCUT2D eigenvalue weighted by Crippen LogP contribution is 2.18. The third kappa shape index (κ3) is 3.12. The van der Waals surface area contributed by atoms with Gasteiger partial charge in [-0.2, -0.15) is 0 Å². The van der Waals surface area contributed by atoms with Gasteiger partial charge in [-0.15, -0.1) is 0 Å². The van der Waals surface area contributed by atoms with Crippen LogP contribution in [0.15, 0.2) is 33.9 Å². The van der Waals surface area contributed by atoms with Gasteiger partial charge < -0.3 is 15.6 Å². The van der Waals surface area contributed by atoms with E-state index in [0.717, 1.165) is 17.4 Å². The molecule has 2 aromatic rings. The Balaban J connectivity index is 1.86. The van der Waals surface area contributed by atoms with E-state index in [9.17, 15) is 14.4 Å². The molecule has 0 bridgehead atoms. The summed E-state index contributed by atoms with van der Waals surface area (Å²) < 4.78 is 0.972. The predicted octanol–water partition coefficient (Wildman–Crippen LogP) is 0.276. The summed E-state index contributed by atoms with van der Waals surface area (Å²) in [7, 11) is 0. The Morgan fingerprint density at radius 1 is 1.38 bits per heavy atom. The molecule has 24 heavy (non-hydrogen) atoms. The number of para-hydroxylation sites is 1. The molecule has 2 unspecified atom stereocenters. The Kier molecular flexibility index (Phi) is 4.53. The molecule has 1 aromatic heterocycles. The van der Waals surface area contributed by atoms with E-state index in [0.29, 0.717) is 24.0 Å². The Hall–Kier alpha value is -2.41. The van der Waals surface area contributed by atoms with Crippen LogP contribution in [0.1, 0.15) is 19.8 Å². The van der Waals surface area contributed by atoms with Crippen LogP contribution < -0.4 is 17.0 Å². The summed E-state index contributed by atoms with van der Waals surface area (Å²) in [5.41, 5.74) is 5.42. The van der Waals surface area contributed by atoms with Crippen LogP contribution in [0.4, 0.5) is 0 Å². The van der Waals surface area contributed by atoms with Crippen molar-refractivity contribution in [2.75, 3.05) is 13.1 Å². The molecule has 3 N–H and O–H groups in total. The van der Waals surface area contributed by atoms with Crippen LogP contribution in [-0.2, 0) is 11.3 Å². The van der Waals surface area contributed by atoms with E-state index in [1.54, 1.807) is 29.2 Å². The molecule has 0 radical (unpaired) electrons. The number of hydrogen-bond acceptors (Lipinski definition) is 4. The van der Waals surface area contributed by atoms with Crippen molar-refractivity contribution in [2.24, 2.45) is 11.7 Å². The summed E-state index contributed by atoms with van der Waals surface area (Å²) in [5.74, 6) is 0.0394. The second kappa shape index (κ2) is 6.60. The number of piperidine rings is 1. The molecule has 1 aliphatic heterocycles. The molecule has 7 heteroatoms. The fourth-order valence-electron chi connectivity index (χ4n) is 3.24. The van der Waals surface area contributed by atoms with E-state index in [1.165, 1.54) is 0 Å². The molecule has 0 spiro atoms. The van der Waals surface area contributed by atoms with E-state index < -0.39 is 11.2 Å². The summed E-state index contributed by atoms with van der Waals surface area (Å²) in [5, 5.41) is 0.400. The average molecular weight is 330 g/mol. The molecule has 7 nitrogen and oxygen atoms in total. The second-order valence-corrected chi connectivity index (χ2v) is 6.47. The summed E-state index contributed by atoms with van der Waals surface area (Å²) in [4.78, 5) is 41.6. The topological polar surface area (TPSA) is 101 Å². The summed E-state index contributed by atoms with van der Waals surface area (Å²) in [6.45, 7) is 2.92. The van der Waals surface area contributed by atoms with Gasteiger partial charge in [0.2, 0.25) is 5.91 Å². The molecule has 1 aromatic carbocycles. The third-order valence-corrected chi connectivity index (χ3v) is 4.74. The zero-order chi connectivity index (χ0) is 17.3. The number of likely N-dealkylation sites (tertiary alicyclic amines) is 1. The van der Waals surface area contributed by atoms with Crippen LogP contribution in [0, 0.1) is 5.92 Å². The number of nitrogens with zero attached hydrogens (tertiary/aromatic N) is 2. The lowest BCUT2D eigenvalue weighted by Gasteiger charge is -2.34. The van der Waals surface area contributed by atoms with Crippen molar-refractivity contribution in [3.05, 3.63) is 45.1 Å². The molecule has 2 atom stereocenters. The number of nitrogens with two attached hydrogens (primary N) is 1. The van der Waals surface area contributed by atoms with Gasteiger partial charge in [0, 0.05) is 19.1 Å². The molecule has 3 rings (SSSR count). The zero-order valence-electron chi connectivity index (χ0n) is 13.7. The minimum Gasteiger partial charge on any atom is -0.341 e. The smallest absolute Gasteiger partial charge is 0.329 e. The third-order valence-electron chi connectivity index (χ3n) is 4.74. The van der Waals surface area contributed by atoms with Gasteiger partial charge in [-0.1, -0.05) is 12.1 Å². The number of carbonyl (C=O) groups is 1. The number of amides is 1. The molecular formula is C17H22N4O3. The fourth-order valence-corrected chi connectivity index (χ4v) is 3.24. The summed E-state index contributed by atoms with van der Waals surface area (Å²) in [6.07, 6.45) is 1.89. The first kappa shape index (κ1) is 16.4. The Bertz CT molecular complexity index is 868. The molecule has 1 aliphatic rings. The Labute approximate surface area is 139 Å². The van der Waals surface area contributed by atoms with Gasteiger partial charge in [-0.25, -0.2) is 4.79 Å². The maximum absolute atomic E-state index is 12.5. The lowest BCUT2D eigenvalue weighted by molar-refractivity contribution is -0.133. The van der Waals surface area contributed by atoms with Crippen LogP contribution in [-0.4, -0.2) is 39.5 Å². The van der Waals surface area contributed by atoms with E-state index in [1.807, 2.05) is 6.92 Å². The van der Waals surface area contributed by atoms with E-state index in [-0.39, 0.29) is 24.4 Å². The van der Waals surface area contributed by atoms with Gasteiger partial charge >= 0.3 is 5.69 Å². The average Bonchev–Trinajstić information content (AvgIpc) is 2.58. The lowest BCUT2D eigenvalue weighted by Crippen LogP contribution is -2.48. The number of fused-ring (bicyclic) bond motifs is 1. The highest BCUT2D eigenvalue weighted by atomic mass is 16.2. The minimum absolute atomic E-state index is 0.0207. The van der Waals surface area contributed by atoms with Gasteiger partial charge in [-0.05, 0) is 37.8 Å². The molecule has 1 amide bonds. The van der Waals surface area contributed by atoms with E-state index in [2.05, 4.69) is 4.98 Å². The number of rotatable bonds is 3. The standard InChI is InChI=1S/C17H22N4O3/c1-11(18)12-5-4-8-20(9-12)15(22)10-21-16(23)13-6-2-3-7-14(13)19-17(21)24/h2-3,6-7,11-12H,4-5,8-10,18H2,1H3,(H,19,24). The summed E-state index contributed by atoms with van der Waals surface area (Å²) in [6, 6.07) is 6.80. The van der Waals surface area contributed by atoms with Crippen molar-refractivity contribution in [2.45, 2.75) is 32.4 Å². The van der Waals surface area contributed by atoms with E-state index in [4.69, 9.17) is 5.73 Å². The first-order valence-corrected chi connectivity index (χ1v) is 8.22. The number of nitrogens with one attached hydrogen (secondary N) is 1. The maximum Gasteiger partial charge on any atom is 0.329 e. The number of benzene rings is 1. The largest absolute Gasteiger partial charge is 0.341 e. The van der Waals surface area contributed by atoms with Gasteiger partial charge in [0.25, 0.3) is 5.56 Å². The predicted molar refractivity (Wildman–Crippen MR) is 91.8 cm³/mol. The molecule has 128 valence electrons. The molecule has 1 saturated heterocycles. The van der Waals surface area contributed by atoms with Crippen molar-refractivity contribution in [1.82, 2.24) is 14.5 Å². The van der Waals surface area contributed by atoms with Crippen LogP contribution in [0.25, 0.3) is 10.9 Å². The Morgan fingerprint density at radius 2 is 2.12 bits per heavy atom. The second-order valence-electron chi connectivity index (χ2n) is 6.47. The number of hydrogen-bond donors (Lipinski definition) is 2. The highest BCUT2D eigenvalue weighted by molar-refractivity contribution is 5.79. The van der Waals surface area contributed by atoms with E-state index >= 15 is 0 Å². The summed E-state index contributed by atoms with van der Waals surface area (Å²) >= 11 is 0. The van der Waals surface area contributed by atoms with Crippen LogP contribution in [0.2, 0.25) is 0 Å². The normalized spacial score (nSPS) is 19.4. The molecular weight excluding hydrogens is 308 g/mol. The first-order valence-electron chi connectivity index (χ1n) is 8.22. The monoisotopic (exact) mass is 330 g/mol. The van der Waals surface area contributed by atoms with Crippen molar-refractivity contribution in [3.8, 4) is 0 Å². The SMILES string of the molecule is CC(N)C1CCCN(C(=O)Cn2c(=O)[nH]c3ccccc3c2=O)C1.